The Morgan fingerprint density at radius 1 is 1.05 bits per heavy atom. The zero-order valence-electron chi connectivity index (χ0n) is 14.1. The van der Waals surface area contributed by atoms with Gasteiger partial charge in [-0.15, -0.1) is 0 Å². The highest BCUT2D eigenvalue weighted by Crippen LogP contribution is 2.36. The van der Waals surface area contributed by atoms with Gasteiger partial charge in [0.05, 0.1) is 13.2 Å². The first-order valence-electron chi connectivity index (χ1n) is 8.77. The monoisotopic (exact) mass is 298 g/mol. The van der Waals surface area contributed by atoms with E-state index in [2.05, 4.69) is 62.4 Å². The van der Waals surface area contributed by atoms with Gasteiger partial charge < -0.3 is 4.74 Å². The molecule has 120 valence electrons. The van der Waals surface area contributed by atoms with Gasteiger partial charge in [-0.3, -0.25) is 0 Å². The molecule has 0 radical (unpaired) electrons. The van der Waals surface area contributed by atoms with E-state index in [1.54, 1.807) is 0 Å². The summed E-state index contributed by atoms with van der Waals surface area (Å²) >= 11 is 0. The van der Waals surface area contributed by atoms with Crippen LogP contribution in [0.1, 0.15) is 63.0 Å². The topological polar surface area (TPSA) is 9.23 Å². The molecule has 1 heteroatoms. The Hall–Kier alpha value is -1.34. The van der Waals surface area contributed by atoms with E-state index >= 15 is 0 Å². The van der Waals surface area contributed by atoms with Gasteiger partial charge in [0.2, 0.25) is 0 Å². The van der Waals surface area contributed by atoms with Crippen molar-refractivity contribution in [1.82, 2.24) is 0 Å². The summed E-state index contributed by atoms with van der Waals surface area (Å²) in [5, 5.41) is 0. The van der Waals surface area contributed by atoms with Gasteiger partial charge in [-0.1, -0.05) is 55.5 Å². The molecule has 0 bridgehead atoms. The maximum absolute atomic E-state index is 5.65. The molecule has 0 N–H and O–H groups in total. The van der Waals surface area contributed by atoms with Gasteiger partial charge in [0.1, 0.15) is 0 Å². The second-order valence-electron chi connectivity index (χ2n) is 6.27. The number of ether oxygens (including phenoxy) is 1. The van der Waals surface area contributed by atoms with Crippen molar-refractivity contribution < 1.29 is 4.74 Å². The van der Waals surface area contributed by atoms with Crippen LogP contribution in [0.5, 0.6) is 0 Å². The van der Waals surface area contributed by atoms with Crippen molar-refractivity contribution in [1.29, 1.82) is 0 Å². The van der Waals surface area contributed by atoms with Gasteiger partial charge in [0.25, 0.3) is 0 Å². The number of rotatable bonds is 7. The lowest BCUT2D eigenvalue weighted by Crippen LogP contribution is -2.11. The highest BCUT2D eigenvalue weighted by Gasteiger charge is 2.20. The van der Waals surface area contributed by atoms with E-state index in [0.717, 1.165) is 18.3 Å². The van der Waals surface area contributed by atoms with Crippen molar-refractivity contribution in [2.24, 2.45) is 5.92 Å². The van der Waals surface area contributed by atoms with Gasteiger partial charge in [-0.2, -0.15) is 0 Å². The molecule has 0 saturated heterocycles. The van der Waals surface area contributed by atoms with Crippen LogP contribution in [0.15, 0.2) is 48.6 Å². The fourth-order valence-electron chi connectivity index (χ4n) is 3.28. The smallest absolute Gasteiger partial charge is 0.0721 e. The van der Waals surface area contributed by atoms with E-state index in [4.69, 9.17) is 4.74 Å². The van der Waals surface area contributed by atoms with Crippen molar-refractivity contribution in [3.8, 4) is 0 Å². The van der Waals surface area contributed by atoms with Crippen LogP contribution in [0.3, 0.4) is 0 Å². The Balaban J connectivity index is 1.78. The lowest BCUT2D eigenvalue weighted by Gasteiger charge is -2.27. The Labute approximate surface area is 136 Å². The van der Waals surface area contributed by atoms with Gasteiger partial charge in [-0.05, 0) is 62.0 Å². The van der Waals surface area contributed by atoms with Crippen molar-refractivity contribution in [3.63, 3.8) is 0 Å². The van der Waals surface area contributed by atoms with E-state index < -0.39 is 0 Å². The summed E-state index contributed by atoms with van der Waals surface area (Å²) < 4.78 is 5.65. The van der Waals surface area contributed by atoms with Crippen LogP contribution in [-0.2, 0) is 11.3 Å². The van der Waals surface area contributed by atoms with Gasteiger partial charge >= 0.3 is 0 Å². The standard InChI is InChI=1S/C21H30O/c1-3-5-6-16-22-17-19-10-14-21(15-11-19)20-12-8-18(7-4-2)9-13-20/h4-7,10-11,14-15,18,20H,3,8-9,12-13,16-17H2,1-2H3/b6-5?,7-4+. The summed E-state index contributed by atoms with van der Waals surface area (Å²) in [6.45, 7) is 5.69. The molecule has 1 aromatic carbocycles. The lowest BCUT2D eigenvalue weighted by atomic mass is 9.78. The van der Waals surface area contributed by atoms with E-state index in [0.29, 0.717) is 13.2 Å². The summed E-state index contributed by atoms with van der Waals surface area (Å²) in [5.74, 6) is 1.56. The second-order valence-corrected chi connectivity index (χ2v) is 6.27. The minimum absolute atomic E-state index is 0.711. The predicted octanol–water partition coefficient (Wildman–Crippen LogP) is 6.02. The molecule has 0 amide bonds. The fourth-order valence-corrected chi connectivity index (χ4v) is 3.28. The number of hydrogen-bond donors (Lipinski definition) is 0. The third-order valence-corrected chi connectivity index (χ3v) is 4.57. The first-order valence-corrected chi connectivity index (χ1v) is 8.77. The van der Waals surface area contributed by atoms with E-state index in [-0.39, 0.29) is 0 Å². The van der Waals surface area contributed by atoms with Crippen LogP contribution >= 0.6 is 0 Å². The molecule has 1 nitrogen and oxygen atoms in total. The molecule has 22 heavy (non-hydrogen) atoms. The molecular weight excluding hydrogens is 268 g/mol. The van der Waals surface area contributed by atoms with Crippen LogP contribution in [0, 0.1) is 5.92 Å². The van der Waals surface area contributed by atoms with E-state index in [1.165, 1.54) is 36.8 Å². The maximum atomic E-state index is 5.65. The maximum Gasteiger partial charge on any atom is 0.0721 e. The predicted molar refractivity (Wildman–Crippen MR) is 95.0 cm³/mol. The largest absolute Gasteiger partial charge is 0.373 e. The second kappa shape index (κ2) is 9.63. The molecule has 0 aliphatic heterocycles. The van der Waals surface area contributed by atoms with Crippen LogP contribution in [0.4, 0.5) is 0 Å². The zero-order chi connectivity index (χ0) is 15.6. The SMILES string of the molecule is C/C=C/C1CCC(c2ccc(COCC=CCC)cc2)CC1. The Morgan fingerprint density at radius 3 is 2.41 bits per heavy atom. The minimum Gasteiger partial charge on any atom is -0.373 e. The molecule has 1 fully saturated rings. The summed E-state index contributed by atoms with van der Waals surface area (Å²) in [6, 6.07) is 9.08. The number of hydrogen-bond acceptors (Lipinski definition) is 1. The van der Waals surface area contributed by atoms with Crippen molar-refractivity contribution in [3.05, 3.63) is 59.7 Å². The molecule has 1 aliphatic rings. The quantitative estimate of drug-likeness (QED) is 0.442. The molecule has 0 heterocycles. The van der Waals surface area contributed by atoms with Crippen LogP contribution in [-0.4, -0.2) is 6.61 Å². The molecule has 1 aliphatic carbocycles. The Morgan fingerprint density at radius 2 is 1.77 bits per heavy atom. The normalized spacial score (nSPS) is 22.6. The zero-order valence-corrected chi connectivity index (χ0v) is 14.1. The highest BCUT2D eigenvalue weighted by molar-refractivity contribution is 5.25. The average Bonchev–Trinajstić information content (AvgIpc) is 2.56. The fraction of sp³-hybridized carbons (Fsp3) is 0.524. The Bertz CT molecular complexity index is 461. The summed E-state index contributed by atoms with van der Waals surface area (Å²) in [5.41, 5.74) is 2.78. The summed E-state index contributed by atoms with van der Waals surface area (Å²) in [4.78, 5) is 0. The first-order chi connectivity index (χ1) is 10.8. The van der Waals surface area contributed by atoms with E-state index in [1.807, 2.05) is 0 Å². The summed E-state index contributed by atoms with van der Waals surface area (Å²) in [6.07, 6.45) is 15.2. The van der Waals surface area contributed by atoms with Gasteiger partial charge in [0.15, 0.2) is 0 Å². The molecule has 1 saturated carbocycles. The van der Waals surface area contributed by atoms with Crippen LogP contribution in [0.25, 0.3) is 0 Å². The molecular formula is C21H30O. The third-order valence-electron chi connectivity index (χ3n) is 4.57. The molecule has 2 rings (SSSR count). The minimum atomic E-state index is 0.711. The number of benzene rings is 1. The Kier molecular flexibility index (Phi) is 7.45. The molecule has 0 unspecified atom stereocenters. The molecule has 0 atom stereocenters. The van der Waals surface area contributed by atoms with Crippen molar-refractivity contribution in [2.75, 3.05) is 6.61 Å². The third kappa shape index (κ3) is 5.46. The van der Waals surface area contributed by atoms with Gasteiger partial charge in [0, 0.05) is 0 Å². The van der Waals surface area contributed by atoms with Crippen LogP contribution < -0.4 is 0 Å². The van der Waals surface area contributed by atoms with E-state index in [9.17, 15) is 0 Å². The van der Waals surface area contributed by atoms with Crippen LogP contribution in [0.2, 0.25) is 0 Å². The van der Waals surface area contributed by atoms with Crippen molar-refractivity contribution >= 4 is 0 Å². The van der Waals surface area contributed by atoms with Gasteiger partial charge in [-0.25, -0.2) is 0 Å². The first kappa shape index (κ1) is 17.0. The lowest BCUT2D eigenvalue weighted by molar-refractivity contribution is 0.148. The van der Waals surface area contributed by atoms with Crippen molar-refractivity contribution in [2.45, 2.75) is 58.5 Å². The summed E-state index contributed by atoms with van der Waals surface area (Å²) in [7, 11) is 0. The number of allylic oxidation sites excluding steroid dienone is 3. The molecule has 0 spiro atoms. The molecule has 1 aromatic rings. The molecule has 0 aromatic heterocycles. The average molecular weight is 298 g/mol. The highest BCUT2D eigenvalue weighted by atomic mass is 16.5.